The van der Waals surface area contributed by atoms with E-state index in [9.17, 15) is 4.79 Å². The summed E-state index contributed by atoms with van der Waals surface area (Å²) in [7, 11) is 1.53. The van der Waals surface area contributed by atoms with Crippen LogP contribution in [0, 0.1) is 11.3 Å². The normalized spacial score (nSPS) is 9.88. The molecule has 1 aromatic heterocycles. The van der Waals surface area contributed by atoms with Gasteiger partial charge in [0.15, 0.2) is 0 Å². The highest BCUT2D eigenvalue weighted by molar-refractivity contribution is 5.96. The fourth-order valence-electron chi connectivity index (χ4n) is 1.19. The summed E-state index contributed by atoms with van der Waals surface area (Å²) in [6, 6.07) is 1.96. The summed E-state index contributed by atoms with van der Waals surface area (Å²) in [5, 5.41) is 15.3. The predicted molar refractivity (Wildman–Crippen MR) is 56.7 cm³/mol. The van der Waals surface area contributed by atoms with E-state index in [0.717, 1.165) is 0 Å². The number of methoxy groups -OCH3 is 1. The molecule has 0 aliphatic carbocycles. The van der Waals surface area contributed by atoms with Gasteiger partial charge in [0.05, 0.1) is 19.1 Å². The molecule has 0 radical (unpaired) electrons. The minimum Gasteiger partial charge on any atom is -0.383 e. The van der Waals surface area contributed by atoms with Gasteiger partial charge in [0.1, 0.15) is 0 Å². The van der Waals surface area contributed by atoms with Crippen LogP contribution in [0.15, 0.2) is 4.63 Å². The van der Waals surface area contributed by atoms with Crippen LogP contribution in [0.3, 0.4) is 0 Å². The van der Waals surface area contributed by atoms with E-state index in [2.05, 4.69) is 14.9 Å². The molecule has 1 rings (SSSR count). The topological polar surface area (TPSA) is 118 Å². The second kappa shape index (κ2) is 6.44. The number of rotatable bonds is 6. The summed E-state index contributed by atoms with van der Waals surface area (Å²) in [5.41, 5.74) is 5.38. The standard InChI is InChI=1S/C9H13N5O3/c1-16-6-5-14(4-2-3-10)9(15)7-8(11)13-17-12-7/h2,4-6H2,1H3,(H2,11,13). The van der Waals surface area contributed by atoms with E-state index >= 15 is 0 Å². The molecule has 0 atom stereocenters. The Balaban J connectivity index is 2.72. The Hall–Kier alpha value is -2.14. The van der Waals surface area contributed by atoms with Crippen molar-refractivity contribution >= 4 is 11.7 Å². The number of nitrogen functional groups attached to an aromatic ring is 1. The minimum absolute atomic E-state index is 0.0426. The summed E-state index contributed by atoms with van der Waals surface area (Å²) in [4.78, 5) is 13.4. The number of aromatic nitrogens is 2. The summed E-state index contributed by atoms with van der Waals surface area (Å²) >= 11 is 0. The first-order chi connectivity index (χ1) is 8.20. The Bertz CT molecular complexity index is 411. The van der Waals surface area contributed by atoms with Crippen molar-refractivity contribution in [2.45, 2.75) is 6.42 Å². The van der Waals surface area contributed by atoms with Crippen LogP contribution < -0.4 is 5.73 Å². The lowest BCUT2D eigenvalue weighted by Crippen LogP contribution is -2.35. The fraction of sp³-hybridized carbons (Fsp3) is 0.556. The van der Waals surface area contributed by atoms with Gasteiger partial charge in [-0.1, -0.05) is 0 Å². The van der Waals surface area contributed by atoms with Gasteiger partial charge >= 0.3 is 0 Å². The second-order valence-electron chi connectivity index (χ2n) is 3.19. The van der Waals surface area contributed by atoms with Crippen molar-refractivity contribution in [3.8, 4) is 6.07 Å². The number of nitriles is 1. The SMILES string of the molecule is COCCN(CCC#N)C(=O)c1nonc1N. The molecule has 92 valence electrons. The highest BCUT2D eigenvalue weighted by Crippen LogP contribution is 2.08. The lowest BCUT2D eigenvalue weighted by molar-refractivity contribution is 0.0690. The Kier molecular flexibility index (Phi) is 4.90. The first-order valence-electron chi connectivity index (χ1n) is 4.94. The number of carbonyl (C=O) groups is 1. The van der Waals surface area contributed by atoms with Gasteiger partial charge in [-0.2, -0.15) is 5.26 Å². The number of amides is 1. The molecule has 0 aliphatic rings. The van der Waals surface area contributed by atoms with Gasteiger partial charge in [-0.3, -0.25) is 4.79 Å². The lowest BCUT2D eigenvalue weighted by atomic mass is 10.3. The van der Waals surface area contributed by atoms with Crippen molar-refractivity contribution in [2.24, 2.45) is 0 Å². The van der Waals surface area contributed by atoms with E-state index in [4.69, 9.17) is 15.7 Å². The van der Waals surface area contributed by atoms with Crippen molar-refractivity contribution < 1.29 is 14.2 Å². The van der Waals surface area contributed by atoms with Crippen molar-refractivity contribution in [2.75, 3.05) is 32.5 Å². The average molecular weight is 239 g/mol. The van der Waals surface area contributed by atoms with Gasteiger partial charge in [0, 0.05) is 20.2 Å². The summed E-state index contributed by atoms with van der Waals surface area (Å²) < 4.78 is 9.24. The second-order valence-corrected chi connectivity index (χ2v) is 3.19. The zero-order valence-corrected chi connectivity index (χ0v) is 9.42. The quantitative estimate of drug-likeness (QED) is 0.720. The largest absolute Gasteiger partial charge is 0.383 e. The van der Waals surface area contributed by atoms with E-state index in [1.165, 1.54) is 12.0 Å². The summed E-state index contributed by atoms with van der Waals surface area (Å²) in [6.07, 6.45) is 0.223. The first kappa shape index (κ1) is 12.9. The van der Waals surface area contributed by atoms with E-state index in [-0.39, 0.29) is 24.5 Å². The smallest absolute Gasteiger partial charge is 0.280 e. The third kappa shape index (κ3) is 3.42. The molecule has 0 unspecified atom stereocenters. The minimum atomic E-state index is -0.420. The Morgan fingerprint density at radius 1 is 1.59 bits per heavy atom. The average Bonchev–Trinajstić information content (AvgIpc) is 2.75. The maximum atomic E-state index is 12.0. The van der Waals surface area contributed by atoms with Crippen molar-refractivity contribution in [1.82, 2.24) is 15.2 Å². The maximum absolute atomic E-state index is 12.0. The number of ether oxygens (including phenoxy) is 1. The van der Waals surface area contributed by atoms with Gasteiger partial charge < -0.3 is 15.4 Å². The molecular formula is C9H13N5O3. The van der Waals surface area contributed by atoms with Gasteiger partial charge in [-0.25, -0.2) is 4.63 Å². The van der Waals surface area contributed by atoms with Crippen LogP contribution in [0.4, 0.5) is 5.82 Å². The Morgan fingerprint density at radius 3 is 2.88 bits per heavy atom. The lowest BCUT2D eigenvalue weighted by Gasteiger charge is -2.19. The van der Waals surface area contributed by atoms with E-state index in [1.807, 2.05) is 6.07 Å². The number of hydrogen-bond acceptors (Lipinski definition) is 7. The zero-order valence-electron chi connectivity index (χ0n) is 9.42. The van der Waals surface area contributed by atoms with Gasteiger partial charge in [0.25, 0.3) is 5.91 Å². The summed E-state index contributed by atoms with van der Waals surface area (Å²) in [6.45, 7) is 0.997. The van der Waals surface area contributed by atoms with Crippen molar-refractivity contribution in [3.63, 3.8) is 0 Å². The molecule has 8 heteroatoms. The van der Waals surface area contributed by atoms with E-state index < -0.39 is 5.91 Å². The fourth-order valence-corrected chi connectivity index (χ4v) is 1.19. The third-order valence-corrected chi connectivity index (χ3v) is 2.06. The van der Waals surface area contributed by atoms with Crippen LogP contribution in [0.2, 0.25) is 0 Å². The molecule has 1 amide bonds. The summed E-state index contributed by atoms with van der Waals surface area (Å²) in [5.74, 6) is -0.481. The molecule has 1 heterocycles. The number of nitrogens with zero attached hydrogens (tertiary/aromatic N) is 4. The van der Waals surface area contributed by atoms with Crippen molar-refractivity contribution in [3.05, 3.63) is 5.69 Å². The first-order valence-corrected chi connectivity index (χ1v) is 4.94. The molecule has 0 bridgehead atoms. The number of anilines is 1. The molecule has 2 N–H and O–H groups in total. The van der Waals surface area contributed by atoms with Crippen LogP contribution in [0.5, 0.6) is 0 Å². The van der Waals surface area contributed by atoms with Crippen LogP contribution in [0.1, 0.15) is 16.9 Å². The Labute approximate surface area is 97.9 Å². The number of hydrogen-bond donors (Lipinski definition) is 1. The Morgan fingerprint density at radius 2 is 2.35 bits per heavy atom. The highest BCUT2D eigenvalue weighted by Gasteiger charge is 2.22. The molecule has 0 fully saturated rings. The maximum Gasteiger partial charge on any atom is 0.280 e. The predicted octanol–water partition coefficient (Wildman–Crippen LogP) is -0.346. The van der Waals surface area contributed by atoms with Crippen LogP contribution in [-0.2, 0) is 4.74 Å². The molecule has 1 aromatic rings. The van der Waals surface area contributed by atoms with Crippen LogP contribution in [-0.4, -0.2) is 47.9 Å². The molecule has 0 saturated carbocycles. The van der Waals surface area contributed by atoms with Gasteiger partial charge in [0.2, 0.25) is 11.5 Å². The van der Waals surface area contributed by atoms with Gasteiger partial charge in [-0.05, 0) is 10.3 Å². The van der Waals surface area contributed by atoms with Gasteiger partial charge in [-0.15, -0.1) is 0 Å². The number of nitrogens with two attached hydrogens (primary N) is 1. The molecule has 8 nitrogen and oxygen atoms in total. The zero-order chi connectivity index (χ0) is 12.7. The third-order valence-electron chi connectivity index (χ3n) is 2.06. The van der Waals surface area contributed by atoms with Crippen LogP contribution in [0.25, 0.3) is 0 Å². The molecule has 0 aliphatic heterocycles. The molecule has 0 spiro atoms. The van der Waals surface area contributed by atoms with E-state index in [1.54, 1.807) is 0 Å². The van der Waals surface area contributed by atoms with E-state index in [0.29, 0.717) is 13.2 Å². The molecule has 0 saturated heterocycles. The number of carbonyl (C=O) groups excluding carboxylic acids is 1. The van der Waals surface area contributed by atoms with Crippen molar-refractivity contribution in [1.29, 1.82) is 5.26 Å². The molecule has 0 aromatic carbocycles. The van der Waals surface area contributed by atoms with Crippen LogP contribution >= 0.6 is 0 Å². The highest BCUT2D eigenvalue weighted by atomic mass is 16.6. The molecule has 17 heavy (non-hydrogen) atoms. The monoisotopic (exact) mass is 239 g/mol. The molecular weight excluding hydrogens is 226 g/mol.